The van der Waals surface area contributed by atoms with Crippen molar-refractivity contribution in [2.45, 2.75) is 20.0 Å². The van der Waals surface area contributed by atoms with E-state index in [1.54, 1.807) is 6.07 Å². The maximum Gasteiger partial charge on any atom is 0.406 e. The van der Waals surface area contributed by atoms with Gasteiger partial charge >= 0.3 is 5.82 Å². The first-order valence-electron chi connectivity index (χ1n) is 7.31. The van der Waals surface area contributed by atoms with Crippen molar-refractivity contribution in [3.05, 3.63) is 64.2 Å². The molecule has 0 atom stereocenters. The van der Waals surface area contributed by atoms with Gasteiger partial charge in [-0.25, -0.2) is 0 Å². The van der Waals surface area contributed by atoms with Crippen LogP contribution in [0, 0.1) is 10.1 Å². The molecule has 0 amide bonds. The summed E-state index contributed by atoms with van der Waals surface area (Å²) in [6.45, 7) is 2.00. The number of nitro groups is 1. The number of aromatic nitrogens is 3. The van der Waals surface area contributed by atoms with Gasteiger partial charge in [0.1, 0.15) is 6.20 Å². The van der Waals surface area contributed by atoms with Gasteiger partial charge in [-0.1, -0.05) is 36.3 Å². The molecular formula is C16H14N4O4. The lowest BCUT2D eigenvalue weighted by molar-refractivity contribution is -0.390. The van der Waals surface area contributed by atoms with E-state index in [1.807, 2.05) is 24.3 Å². The van der Waals surface area contributed by atoms with E-state index in [4.69, 9.17) is 9.26 Å². The third-order valence-corrected chi connectivity index (χ3v) is 3.36. The number of benzene rings is 1. The lowest BCUT2D eigenvalue weighted by atomic mass is 10.1. The average molecular weight is 326 g/mol. The van der Waals surface area contributed by atoms with Gasteiger partial charge in [0.25, 0.3) is 5.89 Å². The van der Waals surface area contributed by atoms with Crippen LogP contribution >= 0.6 is 0 Å². The predicted octanol–water partition coefficient (Wildman–Crippen LogP) is 3.18. The van der Waals surface area contributed by atoms with Crippen LogP contribution in [0.5, 0.6) is 5.75 Å². The molecule has 0 bridgehead atoms. The maximum absolute atomic E-state index is 10.9. The topological polar surface area (TPSA) is 104 Å². The van der Waals surface area contributed by atoms with Gasteiger partial charge in [-0.2, -0.15) is 4.98 Å². The Morgan fingerprint density at radius 3 is 2.75 bits per heavy atom. The van der Waals surface area contributed by atoms with Crippen molar-refractivity contribution in [2.24, 2.45) is 0 Å². The van der Waals surface area contributed by atoms with E-state index in [0.717, 1.165) is 12.0 Å². The van der Waals surface area contributed by atoms with Gasteiger partial charge in [-0.05, 0) is 34.0 Å². The average Bonchev–Trinajstić information content (AvgIpc) is 3.09. The molecule has 0 saturated heterocycles. The third kappa shape index (κ3) is 3.37. The molecule has 0 saturated carbocycles. The number of ether oxygens (including phenoxy) is 1. The first-order valence-corrected chi connectivity index (χ1v) is 7.31. The zero-order valence-electron chi connectivity index (χ0n) is 12.9. The molecule has 0 aliphatic heterocycles. The minimum atomic E-state index is -0.607. The molecule has 0 spiro atoms. The zero-order valence-corrected chi connectivity index (χ0v) is 12.9. The number of pyridine rings is 1. The highest BCUT2D eigenvalue weighted by Crippen LogP contribution is 2.24. The summed E-state index contributed by atoms with van der Waals surface area (Å²) in [4.78, 5) is 18.2. The van der Waals surface area contributed by atoms with Crippen molar-refractivity contribution in [3.63, 3.8) is 0 Å². The number of nitrogens with zero attached hydrogens (tertiary/aromatic N) is 4. The molecule has 0 radical (unpaired) electrons. The predicted molar refractivity (Wildman–Crippen MR) is 84.3 cm³/mol. The van der Waals surface area contributed by atoms with Gasteiger partial charge in [-0.3, -0.25) is 0 Å². The Balaban J connectivity index is 1.71. The van der Waals surface area contributed by atoms with E-state index in [1.165, 1.54) is 17.8 Å². The highest BCUT2D eigenvalue weighted by Gasteiger charge is 2.17. The van der Waals surface area contributed by atoms with Gasteiger partial charge in [0.05, 0.1) is 0 Å². The number of hydrogen-bond acceptors (Lipinski definition) is 7. The van der Waals surface area contributed by atoms with Gasteiger partial charge in [0.2, 0.25) is 11.6 Å². The van der Waals surface area contributed by atoms with E-state index in [0.29, 0.717) is 5.82 Å². The molecular weight excluding hydrogens is 312 g/mol. The lowest BCUT2D eigenvalue weighted by Gasteiger charge is -2.02. The van der Waals surface area contributed by atoms with Crippen molar-refractivity contribution in [1.82, 2.24) is 15.1 Å². The van der Waals surface area contributed by atoms with Crippen LogP contribution in [0.4, 0.5) is 5.82 Å². The first-order chi connectivity index (χ1) is 11.7. The molecule has 3 rings (SSSR count). The van der Waals surface area contributed by atoms with Crippen molar-refractivity contribution >= 4 is 5.82 Å². The van der Waals surface area contributed by atoms with E-state index in [2.05, 4.69) is 22.0 Å². The molecule has 122 valence electrons. The van der Waals surface area contributed by atoms with E-state index < -0.39 is 4.92 Å². The molecule has 2 heterocycles. The normalized spacial score (nSPS) is 10.5. The monoisotopic (exact) mass is 326 g/mol. The smallest absolute Gasteiger partial charge is 0.406 e. The summed E-state index contributed by atoms with van der Waals surface area (Å²) in [6, 6.07) is 10.9. The summed E-state index contributed by atoms with van der Waals surface area (Å²) in [5, 5.41) is 14.8. The second-order valence-electron chi connectivity index (χ2n) is 4.93. The molecule has 1 aromatic carbocycles. The standard InChI is InChI=1S/C16H14N4O4/c1-2-11-5-7-12(8-6-11)15-18-14(24-19-15)10-23-13-4-3-9-17-16(13)20(21)22/h3-9H,2,10H2,1H3. The fourth-order valence-electron chi connectivity index (χ4n) is 2.09. The van der Waals surface area contributed by atoms with Crippen LogP contribution in [-0.2, 0) is 13.0 Å². The molecule has 24 heavy (non-hydrogen) atoms. The van der Waals surface area contributed by atoms with Crippen LogP contribution in [0.15, 0.2) is 47.1 Å². The molecule has 0 aliphatic carbocycles. The fraction of sp³-hybridized carbons (Fsp3) is 0.188. The molecule has 3 aromatic rings. The molecule has 8 nitrogen and oxygen atoms in total. The molecule has 0 N–H and O–H groups in total. The van der Waals surface area contributed by atoms with Crippen molar-refractivity contribution in [1.29, 1.82) is 0 Å². The molecule has 2 aromatic heterocycles. The Bertz CT molecular complexity index is 845. The SMILES string of the molecule is CCc1ccc(-c2noc(COc3cccnc3[N+](=O)[O-])n2)cc1. The lowest BCUT2D eigenvalue weighted by Crippen LogP contribution is -2.00. The Hall–Kier alpha value is -3.29. The van der Waals surface area contributed by atoms with Crippen molar-refractivity contribution in [3.8, 4) is 17.1 Å². The quantitative estimate of drug-likeness (QED) is 0.506. The van der Waals surface area contributed by atoms with Gasteiger partial charge in [0, 0.05) is 5.56 Å². The molecule has 8 heteroatoms. The first kappa shape index (κ1) is 15.6. The highest BCUT2D eigenvalue weighted by molar-refractivity contribution is 5.54. The number of rotatable bonds is 6. The molecule has 0 unspecified atom stereocenters. The molecule has 0 fully saturated rings. The molecule has 0 aliphatic rings. The minimum absolute atomic E-state index is 0.0505. The zero-order chi connectivity index (χ0) is 16.9. The summed E-state index contributed by atoms with van der Waals surface area (Å²) in [7, 11) is 0. The Kier molecular flexibility index (Phi) is 4.46. The van der Waals surface area contributed by atoms with Crippen LogP contribution in [0.1, 0.15) is 18.4 Å². The van der Waals surface area contributed by atoms with Gasteiger partial charge in [-0.15, -0.1) is 0 Å². The van der Waals surface area contributed by atoms with Crippen LogP contribution in [-0.4, -0.2) is 20.0 Å². The summed E-state index contributed by atoms with van der Waals surface area (Å²) < 4.78 is 10.5. The van der Waals surface area contributed by atoms with E-state index >= 15 is 0 Å². The summed E-state index contributed by atoms with van der Waals surface area (Å²) in [5.41, 5.74) is 2.05. The second-order valence-corrected chi connectivity index (χ2v) is 4.93. The van der Waals surface area contributed by atoms with Crippen LogP contribution < -0.4 is 4.74 Å². The Morgan fingerprint density at radius 1 is 1.25 bits per heavy atom. The van der Waals surface area contributed by atoms with Crippen LogP contribution in [0.3, 0.4) is 0 Å². The van der Waals surface area contributed by atoms with Crippen LogP contribution in [0.25, 0.3) is 11.4 Å². The number of aryl methyl sites for hydroxylation is 1. The third-order valence-electron chi connectivity index (χ3n) is 3.36. The summed E-state index contributed by atoms with van der Waals surface area (Å²) >= 11 is 0. The van der Waals surface area contributed by atoms with Gasteiger partial charge in [0.15, 0.2) is 6.61 Å². The van der Waals surface area contributed by atoms with E-state index in [-0.39, 0.29) is 24.1 Å². The highest BCUT2D eigenvalue weighted by atomic mass is 16.6. The Morgan fingerprint density at radius 2 is 2.04 bits per heavy atom. The summed E-state index contributed by atoms with van der Waals surface area (Å²) in [6.07, 6.45) is 2.28. The van der Waals surface area contributed by atoms with Gasteiger partial charge < -0.3 is 19.4 Å². The minimum Gasteiger partial charge on any atom is -0.476 e. The fourth-order valence-corrected chi connectivity index (χ4v) is 2.09. The summed E-state index contributed by atoms with van der Waals surface area (Å²) in [5.74, 6) is 0.363. The van der Waals surface area contributed by atoms with Crippen molar-refractivity contribution in [2.75, 3.05) is 0 Å². The maximum atomic E-state index is 10.9. The largest absolute Gasteiger partial charge is 0.476 e. The second kappa shape index (κ2) is 6.86. The Labute approximate surface area is 137 Å². The van der Waals surface area contributed by atoms with E-state index in [9.17, 15) is 10.1 Å². The van der Waals surface area contributed by atoms with Crippen molar-refractivity contribution < 1.29 is 14.2 Å². The van der Waals surface area contributed by atoms with Crippen LogP contribution in [0.2, 0.25) is 0 Å². The number of hydrogen-bond donors (Lipinski definition) is 0.